The average Bonchev–Trinajstić information content (AvgIpc) is 2.84. The van der Waals surface area contributed by atoms with Gasteiger partial charge in [0, 0.05) is 51.8 Å². The number of ether oxygens (including phenoxy) is 2. The van der Waals surface area contributed by atoms with Crippen molar-refractivity contribution in [1.82, 2.24) is 9.80 Å². The lowest BCUT2D eigenvalue weighted by Gasteiger charge is -2.35. The number of nitrogens with one attached hydrogen (secondary N) is 2. The predicted octanol–water partition coefficient (Wildman–Crippen LogP) is 3.82. The summed E-state index contributed by atoms with van der Waals surface area (Å²) in [5.41, 5.74) is 0.696. The fourth-order valence-electron chi connectivity index (χ4n) is 4.14. The highest BCUT2D eigenvalue weighted by Crippen LogP contribution is 2.27. The third-order valence-electron chi connectivity index (χ3n) is 6.23. The quantitative estimate of drug-likeness (QED) is 0.668. The molecule has 0 fully saturated rings. The summed E-state index contributed by atoms with van der Waals surface area (Å²) in [4.78, 5) is 41.3. The number of likely N-dealkylation sites (N-methyl/N-ethyl adjacent to an activating group) is 1. The molecule has 1 heterocycles. The van der Waals surface area contributed by atoms with E-state index in [1.54, 1.807) is 42.2 Å². The summed E-state index contributed by atoms with van der Waals surface area (Å²) in [5, 5.41) is 5.09. The van der Waals surface area contributed by atoms with Crippen LogP contribution in [0.25, 0.3) is 0 Å². The van der Waals surface area contributed by atoms with Crippen molar-refractivity contribution in [3.8, 4) is 5.75 Å². The highest BCUT2D eigenvalue weighted by atomic mass is 19.1. The number of fused-ring (bicyclic) bond motifs is 1. The molecule has 1 aliphatic rings. The van der Waals surface area contributed by atoms with E-state index in [1.807, 2.05) is 13.8 Å². The fourth-order valence-corrected chi connectivity index (χ4v) is 4.14. The van der Waals surface area contributed by atoms with Crippen molar-refractivity contribution in [3.63, 3.8) is 0 Å². The van der Waals surface area contributed by atoms with Gasteiger partial charge in [-0.2, -0.15) is 0 Å². The van der Waals surface area contributed by atoms with Crippen LogP contribution in [0, 0.1) is 11.7 Å². The van der Waals surface area contributed by atoms with Crippen LogP contribution in [-0.2, 0) is 9.53 Å². The average molecular weight is 501 g/mol. The monoisotopic (exact) mass is 500 g/mol. The minimum Gasteiger partial charge on any atom is -0.491 e. The summed E-state index contributed by atoms with van der Waals surface area (Å²) in [6.45, 7) is 6.28. The Bertz CT molecular complexity index is 1110. The van der Waals surface area contributed by atoms with Gasteiger partial charge in [-0.25, -0.2) is 9.18 Å². The summed E-state index contributed by atoms with van der Waals surface area (Å²) in [6.07, 6.45) is -0.278. The van der Waals surface area contributed by atoms with E-state index in [-0.39, 0.29) is 47.9 Å². The van der Waals surface area contributed by atoms with Crippen LogP contribution in [0.5, 0.6) is 5.75 Å². The number of nitrogens with zero attached hydrogens (tertiary/aromatic N) is 2. The summed E-state index contributed by atoms with van der Waals surface area (Å²) in [7, 11) is 3.27. The van der Waals surface area contributed by atoms with E-state index in [9.17, 15) is 18.8 Å². The molecular formula is C26H33FN4O5. The Morgan fingerprint density at radius 2 is 1.83 bits per heavy atom. The van der Waals surface area contributed by atoms with Crippen LogP contribution in [0.2, 0.25) is 0 Å². The van der Waals surface area contributed by atoms with Gasteiger partial charge in [0.05, 0.1) is 23.4 Å². The maximum atomic E-state index is 13.9. The lowest BCUT2D eigenvalue weighted by molar-refractivity contribution is -0.133. The lowest BCUT2D eigenvalue weighted by atomic mass is 10.0. The van der Waals surface area contributed by atoms with Crippen LogP contribution >= 0.6 is 0 Å². The Hall–Kier alpha value is -3.66. The van der Waals surface area contributed by atoms with Gasteiger partial charge in [-0.15, -0.1) is 0 Å². The Kier molecular flexibility index (Phi) is 8.87. The Morgan fingerprint density at radius 1 is 1.11 bits per heavy atom. The van der Waals surface area contributed by atoms with E-state index in [4.69, 9.17) is 9.47 Å². The van der Waals surface area contributed by atoms with Crippen molar-refractivity contribution in [1.29, 1.82) is 0 Å². The highest BCUT2D eigenvalue weighted by Gasteiger charge is 2.29. The molecule has 0 spiro atoms. The smallest absolute Gasteiger partial charge is 0.323 e. The van der Waals surface area contributed by atoms with Gasteiger partial charge in [0.1, 0.15) is 18.2 Å². The molecule has 3 rings (SSSR count). The first-order valence-corrected chi connectivity index (χ1v) is 11.8. The van der Waals surface area contributed by atoms with E-state index in [2.05, 4.69) is 10.6 Å². The molecule has 10 heteroatoms. The second-order valence-electron chi connectivity index (χ2n) is 9.04. The lowest BCUT2D eigenvalue weighted by Crippen LogP contribution is -2.48. The maximum Gasteiger partial charge on any atom is 0.323 e. The molecule has 0 saturated heterocycles. The second-order valence-corrected chi connectivity index (χ2v) is 9.04. The normalized spacial score (nSPS) is 20.9. The summed E-state index contributed by atoms with van der Waals surface area (Å²) < 4.78 is 25.5. The Morgan fingerprint density at radius 3 is 2.50 bits per heavy atom. The molecule has 36 heavy (non-hydrogen) atoms. The number of hydrogen-bond acceptors (Lipinski definition) is 5. The van der Waals surface area contributed by atoms with Gasteiger partial charge in [-0.05, 0) is 31.2 Å². The van der Waals surface area contributed by atoms with Gasteiger partial charge in [0.25, 0.3) is 5.91 Å². The largest absolute Gasteiger partial charge is 0.491 e. The molecule has 0 aromatic heterocycles. The first kappa shape index (κ1) is 26.9. The van der Waals surface area contributed by atoms with Crippen LogP contribution in [0.3, 0.4) is 0 Å². The number of urea groups is 1. The molecule has 3 atom stereocenters. The zero-order valence-corrected chi connectivity index (χ0v) is 21.2. The number of para-hydroxylation sites is 1. The number of rotatable bonds is 3. The second kappa shape index (κ2) is 11.9. The molecule has 194 valence electrons. The molecule has 0 unspecified atom stereocenters. The van der Waals surface area contributed by atoms with Gasteiger partial charge in [0.15, 0.2) is 0 Å². The first-order valence-electron chi connectivity index (χ1n) is 11.8. The zero-order valence-electron chi connectivity index (χ0n) is 21.2. The van der Waals surface area contributed by atoms with Crippen molar-refractivity contribution in [2.45, 2.75) is 32.9 Å². The minimum absolute atomic E-state index is 0.0185. The van der Waals surface area contributed by atoms with Crippen LogP contribution in [0.1, 0.15) is 31.1 Å². The summed E-state index contributed by atoms with van der Waals surface area (Å²) >= 11 is 0. The Labute approximate surface area is 210 Å². The van der Waals surface area contributed by atoms with Crippen molar-refractivity contribution in [2.24, 2.45) is 5.92 Å². The van der Waals surface area contributed by atoms with E-state index >= 15 is 0 Å². The molecule has 2 N–H and O–H groups in total. The standard InChI is InChI=1S/C26H33FN4O5/c1-16-13-31(18(3)32)17(2)15-36-23-12-19(28-26(34)29-22-9-7-6-8-21(22)27)10-11-20(23)25(33)30(4)14-24(16)35-5/h6-12,16-17,24H,13-15H2,1-5H3,(H2,28,29,34)/t16-,17-,24+/m1/s1. The SMILES string of the molecule is CO[C@H]1CN(C)C(=O)c2ccc(NC(=O)Nc3ccccc3F)cc2OC[C@@H](C)N(C(C)=O)C[C@H]1C. The molecule has 2 aromatic rings. The molecule has 9 nitrogen and oxygen atoms in total. The number of carbonyl (C=O) groups is 3. The van der Waals surface area contributed by atoms with Crippen LogP contribution in [-0.4, -0.2) is 73.6 Å². The Balaban J connectivity index is 1.88. The minimum atomic E-state index is -0.648. The topological polar surface area (TPSA) is 100 Å². The molecule has 0 radical (unpaired) electrons. The molecule has 4 amide bonds. The van der Waals surface area contributed by atoms with E-state index < -0.39 is 11.8 Å². The molecule has 2 aromatic carbocycles. The zero-order chi connectivity index (χ0) is 26.4. The molecule has 1 aliphatic heterocycles. The fraction of sp³-hybridized carbons (Fsp3) is 0.423. The van der Waals surface area contributed by atoms with E-state index in [1.165, 1.54) is 31.2 Å². The van der Waals surface area contributed by atoms with Crippen molar-refractivity contribution < 1.29 is 28.2 Å². The van der Waals surface area contributed by atoms with Gasteiger partial charge in [0.2, 0.25) is 5.91 Å². The number of halogens is 1. The third kappa shape index (κ3) is 6.51. The van der Waals surface area contributed by atoms with Crippen LogP contribution in [0.4, 0.5) is 20.6 Å². The maximum absolute atomic E-state index is 13.9. The summed E-state index contributed by atoms with van der Waals surface area (Å²) in [5.74, 6) is -0.675. The van der Waals surface area contributed by atoms with Crippen molar-refractivity contribution in [2.75, 3.05) is 44.5 Å². The predicted molar refractivity (Wildman–Crippen MR) is 135 cm³/mol. The number of methoxy groups -OCH3 is 1. The van der Waals surface area contributed by atoms with Crippen molar-refractivity contribution in [3.05, 3.63) is 53.8 Å². The highest BCUT2D eigenvalue weighted by molar-refractivity contribution is 6.01. The molecule has 0 bridgehead atoms. The van der Waals surface area contributed by atoms with Gasteiger partial charge in [-0.1, -0.05) is 19.1 Å². The van der Waals surface area contributed by atoms with E-state index in [0.717, 1.165) is 0 Å². The van der Waals surface area contributed by atoms with Crippen molar-refractivity contribution >= 4 is 29.2 Å². The van der Waals surface area contributed by atoms with Gasteiger partial charge in [-0.3, -0.25) is 9.59 Å². The molecule has 0 aliphatic carbocycles. The number of benzene rings is 2. The van der Waals surface area contributed by atoms with E-state index in [0.29, 0.717) is 24.3 Å². The number of amides is 4. The number of carbonyl (C=O) groups excluding carboxylic acids is 3. The number of hydrogen-bond donors (Lipinski definition) is 2. The first-order chi connectivity index (χ1) is 17.1. The third-order valence-corrected chi connectivity index (χ3v) is 6.23. The van der Waals surface area contributed by atoms with Gasteiger partial charge >= 0.3 is 6.03 Å². The van der Waals surface area contributed by atoms with Gasteiger partial charge < -0.3 is 29.9 Å². The summed E-state index contributed by atoms with van der Waals surface area (Å²) in [6, 6.07) is 9.58. The van der Waals surface area contributed by atoms with Crippen LogP contribution in [0.15, 0.2) is 42.5 Å². The number of anilines is 2. The van der Waals surface area contributed by atoms with Crippen LogP contribution < -0.4 is 15.4 Å². The molecular weight excluding hydrogens is 467 g/mol. The molecule has 0 saturated carbocycles.